The number of hydrogen-bond donors (Lipinski definition) is 3. The SMILES string of the molecule is CC/C=C/CC(O)/C=C/C=C/CCCCCCCC(=O)O[C@H](COC(=O)CCCCCCCCCCc1oc(CCC)c(C)c1C)COP(=O)(O)OCCN. The van der Waals surface area contributed by atoms with E-state index in [0.29, 0.717) is 19.3 Å². The Hall–Kier alpha value is -2.53. The molecule has 0 amide bonds. The lowest BCUT2D eigenvalue weighted by Crippen LogP contribution is -2.29. The zero-order chi connectivity index (χ0) is 40.6. The van der Waals surface area contributed by atoms with Gasteiger partial charge in [0.2, 0.25) is 0 Å². The van der Waals surface area contributed by atoms with Crippen LogP contribution in [0.25, 0.3) is 0 Å². The molecule has 0 aliphatic rings. The van der Waals surface area contributed by atoms with Crippen LogP contribution in [-0.4, -0.2) is 60.5 Å². The lowest BCUT2D eigenvalue weighted by molar-refractivity contribution is -0.161. The number of aryl methyl sites for hydroxylation is 2. The zero-order valence-electron chi connectivity index (χ0n) is 34.5. The first kappa shape index (κ1) is 50.5. The molecule has 4 N–H and O–H groups in total. The van der Waals surface area contributed by atoms with E-state index in [1.165, 1.54) is 30.4 Å². The minimum absolute atomic E-state index is 0.0340. The van der Waals surface area contributed by atoms with Gasteiger partial charge in [0.1, 0.15) is 18.1 Å². The van der Waals surface area contributed by atoms with Crippen LogP contribution < -0.4 is 5.73 Å². The summed E-state index contributed by atoms with van der Waals surface area (Å²) in [6, 6.07) is 0. The number of carbonyl (C=O) groups is 2. The molecule has 0 fully saturated rings. The van der Waals surface area contributed by atoms with E-state index in [2.05, 4.69) is 33.8 Å². The molecule has 1 rings (SSSR count). The van der Waals surface area contributed by atoms with Crippen LogP contribution in [0.2, 0.25) is 0 Å². The Morgan fingerprint density at radius 1 is 0.764 bits per heavy atom. The van der Waals surface area contributed by atoms with Crippen LogP contribution in [-0.2, 0) is 45.5 Å². The van der Waals surface area contributed by atoms with E-state index in [4.69, 9.17) is 28.7 Å². The predicted molar refractivity (Wildman–Crippen MR) is 220 cm³/mol. The summed E-state index contributed by atoms with van der Waals surface area (Å²) >= 11 is 0. The van der Waals surface area contributed by atoms with Gasteiger partial charge in [-0.3, -0.25) is 18.6 Å². The zero-order valence-corrected chi connectivity index (χ0v) is 35.4. The lowest BCUT2D eigenvalue weighted by Gasteiger charge is -2.19. The Morgan fingerprint density at radius 3 is 2.00 bits per heavy atom. The average molecular weight is 796 g/mol. The molecule has 0 aliphatic carbocycles. The van der Waals surface area contributed by atoms with E-state index in [1.54, 1.807) is 6.08 Å². The minimum Gasteiger partial charge on any atom is -0.466 e. The van der Waals surface area contributed by atoms with Gasteiger partial charge in [-0.2, -0.15) is 0 Å². The molecule has 0 aromatic carbocycles. The number of phosphoric acid groups is 1. The number of unbranched alkanes of at least 4 members (excludes halogenated alkanes) is 12. The number of allylic oxidation sites excluding steroid dienone is 4. The van der Waals surface area contributed by atoms with Gasteiger partial charge in [0.05, 0.1) is 19.3 Å². The van der Waals surface area contributed by atoms with Crippen molar-refractivity contribution in [3.8, 4) is 0 Å². The molecule has 0 radical (unpaired) electrons. The van der Waals surface area contributed by atoms with Gasteiger partial charge in [-0.1, -0.05) is 108 Å². The minimum atomic E-state index is -4.41. The van der Waals surface area contributed by atoms with Crippen molar-refractivity contribution in [3.63, 3.8) is 0 Å². The molecule has 3 atom stereocenters. The van der Waals surface area contributed by atoms with Crippen LogP contribution in [0.5, 0.6) is 0 Å². The van der Waals surface area contributed by atoms with Crippen molar-refractivity contribution in [1.82, 2.24) is 0 Å². The molecule has 12 heteroatoms. The van der Waals surface area contributed by atoms with Crippen LogP contribution in [0.15, 0.2) is 40.9 Å². The van der Waals surface area contributed by atoms with Gasteiger partial charge in [0.15, 0.2) is 6.10 Å². The fraction of sp³-hybridized carbons (Fsp3) is 0.721. The third-order valence-electron chi connectivity index (χ3n) is 9.29. The van der Waals surface area contributed by atoms with Gasteiger partial charge < -0.3 is 29.6 Å². The molecule has 0 spiro atoms. The number of ether oxygens (including phenoxy) is 2. The molecule has 0 saturated carbocycles. The average Bonchev–Trinajstić information content (AvgIpc) is 3.42. The fourth-order valence-electron chi connectivity index (χ4n) is 5.95. The van der Waals surface area contributed by atoms with Gasteiger partial charge in [-0.25, -0.2) is 4.57 Å². The molecule has 1 aromatic heterocycles. The van der Waals surface area contributed by atoms with Crippen LogP contribution in [0.3, 0.4) is 0 Å². The summed E-state index contributed by atoms with van der Waals surface area (Å²) in [7, 11) is -4.41. The second-order valence-electron chi connectivity index (χ2n) is 14.3. The molecule has 11 nitrogen and oxygen atoms in total. The van der Waals surface area contributed by atoms with Gasteiger partial charge in [-0.05, 0) is 76.3 Å². The molecule has 1 aromatic rings. The van der Waals surface area contributed by atoms with Crippen molar-refractivity contribution in [2.75, 3.05) is 26.4 Å². The van der Waals surface area contributed by atoms with Crippen molar-refractivity contribution in [2.24, 2.45) is 5.73 Å². The van der Waals surface area contributed by atoms with Gasteiger partial charge in [-0.15, -0.1) is 0 Å². The van der Waals surface area contributed by atoms with E-state index in [0.717, 1.165) is 95.0 Å². The molecule has 0 aliphatic heterocycles. The van der Waals surface area contributed by atoms with Crippen molar-refractivity contribution >= 4 is 19.8 Å². The number of hydrogen-bond acceptors (Lipinski definition) is 10. The van der Waals surface area contributed by atoms with Crippen LogP contribution >= 0.6 is 7.82 Å². The van der Waals surface area contributed by atoms with Crippen LogP contribution in [0.1, 0.15) is 158 Å². The molecular weight excluding hydrogens is 721 g/mol. The van der Waals surface area contributed by atoms with E-state index in [1.807, 2.05) is 24.3 Å². The summed E-state index contributed by atoms with van der Waals surface area (Å²) in [6.45, 7) is 7.68. The normalized spacial score (nSPS) is 14.2. The topological polar surface area (TPSA) is 168 Å². The van der Waals surface area contributed by atoms with E-state index in [-0.39, 0.29) is 32.6 Å². The highest BCUT2D eigenvalue weighted by Gasteiger charge is 2.26. The molecule has 0 bridgehead atoms. The van der Waals surface area contributed by atoms with Crippen molar-refractivity contribution in [3.05, 3.63) is 59.1 Å². The maximum absolute atomic E-state index is 12.6. The summed E-state index contributed by atoms with van der Waals surface area (Å²) in [6.07, 6.45) is 29.2. The molecular formula is C43H74NO10P. The van der Waals surface area contributed by atoms with Crippen molar-refractivity contribution in [1.29, 1.82) is 0 Å². The van der Waals surface area contributed by atoms with Crippen molar-refractivity contribution < 1.29 is 47.1 Å². The molecule has 0 saturated heterocycles. The number of esters is 2. The maximum atomic E-state index is 12.6. The lowest BCUT2D eigenvalue weighted by atomic mass is 10.0. The second-order valence-corrected chi connectivity index (χ2v) is 15.7. The molecule has 55 heavy (non-hydrogen) atoms. The number of carbonyl (C=O) groups excluding carboxylic acids is 2. The van der Waals surface area contributed by atoms with E-state index in [9.17, 15) is 24.2 Å². The summed E-state index contributed by atoms with van der Waals surface area (Å²) in [5.74, 6) is 1.38. The monoisotopic (exact) mass is 796 g/mol. The first-order chi connectivity index (χ1) is 26.5. The van der Waals surface area contributed by atoms with E-state index >= 15 is 0 Å². The number of phosphoric ester groups is 1. The molecule has 1 heterocycles. The quantitative estimate of drug-likeness (QED) is 0.0197. The Kier molecular flexibility index (Phi) is 29.9. The van der Waals surface area contributed by atoms with E-state index < -0.39 is 38.6 Å². The smallest absolute Gasteiger partial charge is 0.466 e. The maximum Gasteiger partial charge on any atom is 0.472 e. The number of nitrogens with two attached hydrogens (primary N) is 1. The Labute approximate surface area is 332 Å². The Morgan fingerprint density at radius 2 is 1.36 bits per heavy atom. The van der Waals surface area contributed by atoms with Crippen LogP contribution in [0.4, 0.5) is 0 Å². The highest BCUT2D eigenvalue weighted by Crippen LogP contribution is 2.43. The molecule has 316 valence electrons. The summed E-state index contributed by atoms with van der Waals surface area (Å²) in [5.41, 5.74) is 7.96. The third kappa shape index (κ3) is 26.9. The van der Waals surface area contributed by atoms with Crippen molar-refractivity contribution in [2.45, 2.75) is 175 Å². The summed E-state index contributed by atoms with van der Waals surface area (Å²) in [4.78, 5) is 34.9. The summed E-state index contributed by atoms with van der Waals surface area (Å²) < 4.78 is 38.8. The second kappa shape index (κ2) is 32.5. The highest BCUT2D eigenvalue weighted by atomic mass is 31.2. The number of furan rings is 1. The van der Waals surface area contributed by atoms with Crippen LogP contribution in [0, 0.1) is 13.8 Å². The Balaban J connectivity index is 2.28. The first-order valence-corrected chi connectivity index (χ1v) is 22.4. The van der Waals surface area contributed by atoms with Gasteiger partial charge in [0.25, 0.3) is 0 Å². The number of rotatable bonds is 35. The molecule has 2 unspecified atom stereocenters. The third-order valence-corrected chi connectivity index (χ3v) is 10.3. The predicted octanol–water partition coefficient (Wildman–Crippen LogP) is 10.0. The fourth-order valence-corrected chi connectivity index (χ4v) is 6.72. The van der Waals surface area contributed by atoms with Gasteiger partial charge in [0, 0.05) is 32.2 Å². The highest BCUT2D eigenvalue weighted by molar-refractivity contribution is 7.47. The standard InChI is InChI=1S/C43H74NO10P/c1-5-7-21-27-38(45)28-22-17-13-9-8-10-16-20-25-31-43(47)53-39(35-52-55(48,49)51-33-32-44)34-50-42(46)30-24-19-15-12-11-14-18-23-29-41-37(4)36(3)40(54-41)26-6-2/h7,13,17,21-22,28,38-39,45H,5-6,8-12,14-16,18-20,23-27,29-35,44H2,1-4H3,(H,48,49)/b17-13+,21-7+,28-22+/t38?,39-/m1/s1. The first-order valence-electron chi connectivity index (χ1n) is 20.9. The Bertz CT molecular complexity index is 1290. The van der Waals surface area contributed by atoms with Gasteiger partial charge >= 0.3 is 19.8 Å². The number of aliphatic hydroxyl groups is 1. The number of aliphatic hydroxyl groups excluding tert-OH is 1. The largest absolute Gasteiger partial charge is 0.472 e. The summed E-state index contributed by atoms with van der Waals surface area (Å²) in [5, 5.41) is 9.87.